The second kappa shape index (κ2) is 5.33. The molecule has 0 fully saturated rings. The molecular weight excluding hydrogens is 238 g/mol. The molecule has 1 atom stereocenters. The highest BCUT2D eigenvalue weighted by atomic mass is 19.1. The first-order chi connectivity index (χ1) is 8.16. The Morgan fingerprint density at radius 3 is 2.00 bits per heavy atom. The van der Waals surface area contributed by atoms with E-state index < -0.39 is 17.2 Å². The minimum absolute atomic E-state index is 0.243. The largest absolute Gasteiger partial charge is 0.385 e. The van der Waals surface area contributed by atoms with Crippen molar-refractivity contribution in [1.29, 1.82) is 0 Å². The minimum Gasteiger partial charge on any atom is -0.385 e. The topological polar surface area (TPSA) is 29.5 Å². The zero-order valence-electron chi connectivity index (χ0n) is 11.3. The molecule has 0 spiro atoms. The molecule has 0 heterocycles. The summed E-state index contributed by atoms with van der Waals surface area (Å²) in [5.41, 5.74) is -1.42. The Morgan fingerprint density at radius 1 is 1.06 bits per heavy atom. The van der Waals surface area contributed by atoms with Gasteiger partial charge in [-0.25, -0.2) is 8.78 Å². The van der Waals surface area contributed by atoms with Gasteiger partial charge in [0.15, 0.2) is 0 Å². The molecule has 0 aliphatic rings. The van der Waals surface area contributed by atoms with Gasteiger partial charge in [0.05, 0.1) is 11.2 Å². The van der Waals surface area contributed by atoms with Crippen LogP contribution in [0.1, 0.15) is 39.2 Å². The zero-order valence-corrected chi connectivity index (χ0v) is 11.3. The number of aliphatic hydroxyl groups is 1. The number of halogens is 2. The van der Waals surface area contributed by atoms with E-state index in [9.17, 15) is 13.9 Å². The van der Waals surface area contributed by atoms with Crippen molar-refractivity contribution in [2.24, 2.45) is 0 Å². The summed E-state index contributed by atoms with van der Waals surface area (Å²) >= 11 is 0. The van der Waals surface area contributed by atoms with E-state index >= 15 is 0 Å². The van der Waals surface area contributed by atoms with Gasteiger partial charge < -0.3 is 9.84 Å². The number of hydrogen-bond acceptors (Lipinski definition) is 2. The maximum absolute atomic E-state index is 13.1. The van der Waals surface area contributed by atoms with Crippen LogP contribution in [0.4, 0.5) is 8.78 Å². The first-order valence-electron chi connectivity index (χ1n) is 5.90. The monoisotopic (exact) mass is 258 g/mol. The molecule has 1 unspecified atom stereocenters. The summed E-state index contributed by atoms with van der Waals surface area (Å²) in [6.45, 7) is 5.34. The molecule has 1 rings (SSSR count). The van der Waals surface area contributed by atoms with Gasteiger partial charge in [0.25, 0.3) is 0 Å². The molecule has 0 aliphatic carbocycles. The lowest BCUT2D eigenvalue weighted by Crippen LogP contribution is -2.29. The average molecular weight is 258 g/mol. The fraction of sp³-hybridized carbons (Fsp3) is 0.571. The van der Waals surface area contributed by atoms with Crippen LogP contribution < -0.4 is 0 Å². The summed E-state index contributed by atoms with van der Waals surface area (Å²) < 4.78 is 31.5. The van der Waals surface area contributed by atoms with Crippen LogP contribution >= 0.6 is 0 Å². The number of benzene rings is 1. The average Bonchev–Trinajstić information content (AvgIpc) is 2.25. The standard InChI is InChI=1S/C14H20F2O2/c1-13(2,18-4)5-6-14(3,17)10-7-11(15)9-12(16)8-10/h7-9,17H,5-6H2,1-4H3. The van der Waals surface area contributed by atoms with Crippen LogP contribution in [0.15, 0.2) is 18.2 Å². The lowest BCUT2D eigenvalue weighted by atomic mass is 9.87. The molecule has 102 valence electrons. The Hall–Kier alpha value is -1.00. The fourth-order valence-corrected chi connectivity index (χ4v) is 1.66. The molecule has 0 aliphatic heterocycles. The first kappa shape index (κ1) is 15.1. The Balaban J connectivity index is 2.85. The lowest BCUT2D eigenvalue weighted by molar-refractivity contribution is -0.0213. The van der Waals surface area contributed by atoms with Crippen molar-refractivity contribution in [3.8, 4) is 0 Å². The van der Waals surface area contributed by atoms with E-state index in [1.165, 1.54) is 0 Å². The van der Waals surface area contributed by atoms with Gasteiger partial charge in [0.1, 0.15) is 11.6 Å². The van der Waals surface area contributed by atoms with Crippen molar-refractivity contribution >= 4 is 0 Å². The van der Waals surface area contributed by atoms with Gasteiger partial charge in [-0.15, -0.1) is 0 Å². The molecule has 0 radical (unpaired) electrons. The molecule has 18 heavy (non-hydrogen) atoms. The van der Waals surface area contributed by atoms with Crippen molar-refractivity contribution in [3.05, 3.63) is 35.4 Å². The second-order valence-corrected chi connectivity index (χ2v) is 5.40. The predicted molar refractivity (Wildman–Crippen MR) is 66.3 cm³/mol. The van der Waals surface area contributed by atoms with Crippen LogP contribution in [0.3, 0.4) is 0 Å². The normalized spacial score (nSPS) is 15.5. The quantitative estimate of drug-likeness (QED) is 0.877. The van der Waals surface area contributed by atoms with E-state index in [1.807, 2.05) is 13.8 Å². The van der Waals surface area contributed by atoms with E-state index in [1.54, 1.807) is 14.0 Å². The molecular formula is C14H20F2O2. The highest BCUT2D eigenvalue weighted by Crippen LogP contribution is 2.30. The van der Waals surface area contributed by atoms with Crippen molar-refractivity contribution in [2.75, 3.05) is 7.11 Å². The van der Waals surface area contributed by atoms with E-state index in [0.29, 0.717) is 12.8 Å². The van der Waals surface area contributed by atoms with E-state index in [4.69, 9.17) is 4.74 Å². The summed E-state index contributed by atoms with van der Waals surface area (Å²) in [4.78, 5) is 0. The van der Waals surface area contributed by atoms with Crippen molar-refractivity contribution in [3.63, 3.8) is 0 Å². The van der Waals surface area contributed by atoms with Crippen LogP contribution in [0.25, 0.3) is 0 Å². The van der Waals surface area contributed by atoms with Gasteiger partial charge in [0, 0.05) is 13.2 Å². The molecule has 0 amide bonds. The Kier molecular flexibility index (Phi) is 4.46. The third-order valence-corrected chi connectivity index (χ3v) is 3.25. The van der Waals surface area contributed by atoms with Gasteiger partial charge in [-0.3, -0.25) is 0 Å². The van der Waals surface area contributed by atoms with Crippen LogP contribution in [-0.2, 0) is 10.3 Å². The SMILES string of the molecule is COC(C)(C)CCC(C)(O)c1cc(F)cc(F)c1. The van der Waals surface area contributed by atoms with Gasteiger partial charge in [-0.1, -0.05) is 0 Å². The Bertz CT molecular complexity index is 394. The molecule has 0 aromatic heterocycles. The third kappa shape index (κ3) is 4.03. The van der Waals surface area contributed by atoms with Crippen LogP contribution in [0, 0.1) is 11.6 Å². The van der Waals surface area contributed by atoms with Crippen molar-refractivity contribution < 1.29 is 18.6 Å². The summed E-state index contributed by atoms with van der Waals surface area (Å²) in [6, 6.07) is 3.10. The first-order valence-corrected chi connectivity index (χ1v) is 5.90. The number of rotatable bonds is 5. The molecule has 0 saturated carbocycles. The smallest absolute Gasteiger partial charge is 0.126 e. The summed E-state index contributed by atoms with van der Waals surface area (Å²) in [7, 11) is 1.59. The maximum Gasteiger partial charge on any atom is 0.126 e. The van der Waals surface area contributed by atoms with Gasteiger partial charge in [-0.2, -0.15) is 0 Å². The maximum atomic E-state index is 13.1. The second-order valence-electron chi connectivity index (χ2n) is 5.40. The zero-order chi connectivity index (χ0) is 14.0. The molecule has 1 aromatic rings. The summed E-state index contributed by atoms with van der Waals surface area (Å²) in [5.74, 6) is -1.37. The van der Waals surface area contributed by atoms with Gasteiger partial charge >= 0.3 is 0 Å². The highest BCUT2D eigenvalue weighted by molar-refractivity contribution is 5.23. The number of methoxy groups -OCH3 is 1. The van der Waals surface area contributed by atoms with E-state index in [0.717, 1.165) is 18.2 Å². The van der Waals surface area contributed by atoms with Gasteiger partial charge in [0.2, 0.25) is 0 Å². The van der Waals surface area contributed by atoms with Crippen LogP contribution in [-0.4, -0.2) is 17.8 Å². The highest BCUT2D eigenvalue weighted by Gasteiger charge is 2.28. The van der Waals surface area contributed by atoms with Crippen LogP contribution in [0.5, 0.6) is 0 Å². The number of hydrogen-bond donors (Lipinski definition) is 1. The number of ether oxygens (including phenoxy) is 1. The van der Waals surface area contributed by atoms with E-state index in [2.05, 4.69) is 0 Å². The minimum atomic E-state index is -1.28. The van der Waals surface area contributed by atoms with Gasteiger partial charge in [-0.05, 0) is 51.3 Å². The molecule has 1 N–H and O–H groups in total. The molecule has 4 heteroatoms. The van der Waals surface area contributed by atoms with Crippen molar-refractivity contribution in [1.82, 2.24) is 0 Å². The molecule has 0 bridgehead atoms. The Labute approximate surface area is 107 Å². The Morgan fingerprint density at radius 2 is 1.56 bits per heavy atom. The summed E-state index contributed by atoms with van der Waals surface area (Å²) in [5, 5.41) is 10.3. The lowest BCUT2D eigenvalue weighted by Gasteiger charge is -2.29. The third-order valence-electron chi connectivity index (χ3n) is 3.25. The fourth-order valence-electron chi connectivity index (χ4n) is 1.66. The predicted octanol–water partition coefficient (Wildman–Crippen LogP) is 3.38. The molecule has 2 nitrogen and oxygen atoms in total. The molecule has 0 saturated heterocycles. The summed E-state index contributed by atoms with van der Waals surface area (Å²) in [6.07, 6.45) is 0.936. The molecule has 1 aromatic carbocycles. The van der Waals surface area contributed by atoms with Crippen LogP contribution in [0.2, 0.25) is 0 Å². The van der Waals surface area contributed by atoms with E-state index in [-0.39, 0.29) is 11.2 Å². The van der Waals surface area contributed by atoms with Crippen molar-refractivity contribution in [2.45, 2.75) is 44.8 Å².